The standard InChI is InChI=1S/C24H32N2O2/c1-4-5-8-17-22(23(27)25-18(2)20-13-9-6-10-14-20)24(28)26-19(3)21-15-11-7-12-16-21/h6-7,9-16,18-19,22H,4-5,8,17H2,1-3H3,(H,25,27)(H,26,28)/t18-,19-/m0/s1. The largest absolute Gasteiger partial charge is 0.349 e. The van der Waals surface area contributed by atoms with Crippen LogP contribution in [0.5, 0.6) is 0 Å². The molecule has 0 unspecified atom stereocenters. The lowest BCUT2D eigenvalue weighted by Crippen LogP contribution is -2.42. The summed E-state index contributed by atoms with van der Waals surface area (Å²) in [5, 5.41) is 6.03. The maximum Gasteiger partial charge on any atom is 0.233 e. The van der Waals surface area contributed by atoms with Crippen LogP contribution in [0.4, 0.5) is 0 Å². The van der Waals surface area contributed by atoms with Crippen LogP contribution in [-0.4, -0.2) is 11.8 Å². The zero-order chi connectivity index (χ0) is 20.4. The molecule has 2 rings (SSSR count). The molecule has 0 aliphatic carbocycles. The first-order chi connectivity index (χ1) is 13.5. The van der Waals surface area contributed by atoms with Gasteiger partial charge in [-0.3, -0.25) is 9.59 Å². The third kappa shape index (κ3) is 6.52. The van der Waals surface area contributed by atoms with Crippen molar-refractivity contribution in [1.29, 1.82) is 0 Å². The zero-order valence-corrected chi connectivity index (χ0v) is 17.2. The molecule has 4 nitrogen and oxygen atoms in total. The van der Waals surface area contributed by atoms with Crippen molar-refractivity contribution >= 4 is 11.8 Å². The Bertz CT molecular complexity index is 671. The summed E-state index contributed by atoms with van der Waals surface area (Å²) in [6, 6.07) is 19.3. The van der Waals surface area contributed by atoms with Crippen molar-refractivity contribution in [1.82, 2.24) is 10.6 Å². The topological polar surface area (TPSA) is 58.2 Å². The average molecular weight is 381 g/mol. The first-order valence-electron chi connectivity index (χ1n) is 10.2. The quantitative estimate of drug-likeness (QED) is 0.453. The van der Waals surface area contributed by atoms with Crippen molar-refractivity contribution in [2.24, 2.45) is 5.92 Å². The number of carbonyl (C=O) groups is 2. The highest BCUT2D eigenvalue weighted by molar-refractivity contribution is 6.00. The van der Waals surface area contributed by atoms with Crippen LogP contribution in [0, 0.1) is 5.92 Å². The van der Waals surface area contributed by atoms with Gasteiger partial charge in [-0.05, 0) is 31.4 Å². The third-order valence-corrected chi connectivity index (χ3v) is 5.05. The van der Waals surface area contributed by atoms with E-state index in [0.717, 1.165) is 30.4 Å². The summed E-state index contributed by atoms with van der Waals surface area (Å²) < 4.78 is 0. The molecule has 0 saturated heterocycles. The fourth-order valence-electron chi connectivity index (χ4n) is 3.26. The summed E-state index contributed by atoms with van der Waals surface area (Å²) in [7, 11) is 0. The van der Waals surface area contributed by atoms with Gasteiger partial charge in [-0.15, -0.1) is 0 Å². The van der Waals surface area contributed by atoms with Gasteiger partial charge in [-0.1, -0.05) is 86.8 Å². The number of unbranched alkanes of at least 4 members (excludes halogenated alkanes) is 2. The highest BCUT2D eigenvalue weighted by Gasteiger charge is 2.28. The van der Waals surface area contributed by atoms with Crippen LogP contribution in [-0.2, 0) is 9.59 Å². The molecule has 0 saturated carbocycles. The smallest absolute Gasteiger partial charge is 0.233 e. The molecule has 2 aromatic rings. The molecule has 2 aromatic carbocycles. The van der Waals surface area contributed by atoms with Gasteiger partial charge in [0.15, 0.2) is 0 Å². The molecular formula is C24H32N2O2. The Labute approximate surface area is 168 Å². The molecular weight excluding hydrogens is 348 g/mol. The van der Waals surface area contributed by atoms with Crippen molar-refractivity contribution in [2.75, 3.05) is 0 Å². The second-order valence-electron chi connectivity index (χ2n) is 7.33. The SMILES string of the molecule is CCCCCC(C(=O)N[C@@H](C)c1ccccc1)C(=O)N[C@@H](C)c1ccccc1. The Morgan fingerprint density at radius 2 is 1.18 bits per heavy atom. The van der Waals surface area contributed by atoms with E-state index in [-0.39, 0.29) is 23.9 Å². The Kier molecular flexibility index (Phi) is 8.73. The summed E-state index contributed by atoms with van der Waals surface area (Å²) >= 11 is 0. The molecule has 0 bridgehead atoms. The summed E-state index contributed by atoms with van der Waals surface area (Å²) in [5.41, 5.74) is 2.06. The second-order valence-corrected chi connectivity index (χ2v) is 7.33. The number of rotatable bonds is 10. The fourth-order valence-corrected chi connectivity index (χ4v) is 3.26. The van der Waals surface area contributed by atoms with Gasteiger partial charge in [0.1, 0.15) is 5.92 Å². The van der Waals surface area contributed by atoms with Gasteiger partial charge in [0, 0.05) is 0 Å². The van der Waals surface area contributed by atoms with E-state index in [2.05, 4.69) is 17.6 Å². The third-order valence-electron chi connectivity index (χ3n) is 5.05. The number of amides is 2. The second kappa shape index (κ2) is 11.3. The molecule has 0 aromatic heterocycles. The molecule has 150 valence electrons. The van der Waals surface area contributed by atoms with Crippen LogP contribution in [0.15, 0.2) is 60.7 Å². The van der Waals surface area contributed by atoms with Crippen molar-refractivity contribution in [3.05, 3.63) is 71.8 Å². The highest BCUT2D eigenvalue weighted by atomic mass is 16.2. The van der Waals surface area contributed by atoms with E-state index in [4.69, 9.17) is 0 Å². The number of carbonyl (C=O) groups excluding carboxylic acids is 2. The van der Waals surface area contributed by atoms with Gasteiger partial charge in [0.25, 0.3) is 0 Å². The minimum atomic E-state index is -0.677. The molecule has 28 heavy (non-hydrogen) atoms. The van der Waals surface area contributed by atoms with E-state index < -0.39 is 5.92 Å². The normalized spacial score (nSPS) is 13.0. The average Bonchev–Trinajstić information content (AvgIpc) is 2.72. The zero-order valence-electron chi connectivity index (χ0n) is 17.2. The number of hydrogen-bond acceptors (Lipinski definition) is 2. The van der Waals surface area contributed by atoms with Gasteiger partial charge >= 0.3 is 0 Å². The van der Waals surface area contributed by atoms with Crippen LogP contribution < -0.4 is 10.6 Å². The van der Waals surface area contributed by atoms with Crippen molar-refractivity contribution in [3.8, 4) is 0 Å². The Hall–Kier alpha value is -2.62. The van der Waals surface area contributed by atoms with Crippen molar-refractivity contribution in [2.45, 2.75) is 58.5 Å². The van der Waals surface area contributed by atoms with Crippen LogP contribution in [0.25, 0.3) is 0 Å². The molecule has 4 heteroatoms. The van der Waals surface area contributed by atoms with E-state index in [9.17, 15) is 9.59 Å². The molecule has 0 heterocycles. The molecule has 0 fully saturated rings. The van der Waals surface area contributed by atoms with Crippen LogP contribution in [0.1, 0.15) is 69.7 Å². The molecule has 0 spiro atoms. The maximum absolute atomic E-state index is 12.9. The molecule has 2 N–H and O–H groups in total. The minimum Gasteiger partial charge on any atom is -0.349 e. The molecule has 0 aliphatic heterocycles. The Balaban J connectivity index is 2.04. The first kappa shape index (κ1) is 21.7. The summed E-state index contributed by atoms with van der Waals surface area (Å²) in [5.74, 6) is -1.08. The van der Waals surface area contributed by atoms with Gasteiger partial charge < -0.3 is 10.6 Å². The summed E-state index contributed by atoms with van der Waals surface area (Å²) in [6.45, 7) is 6.01. The van der Waals surface area contributed by atoms with E-state index in [1.54, 1.807) is 0 Å². The van der Waals surface area contributed by atoms with E-state index in [1.165, 1.54) is 0 Å². The van der Waals surface area contributed by atoms with E-state index in [0.29, 0.717) is 6.42 Å². The fraction of sp³-hybridized carbons (Fsp3) is 0.417. The predicted octanol–water partition coefficient (Wildman–Crippen LogP) is 4.94. The lowest BCUT2D eigenvalue weighted by Gasteiger charge is -2.22. The number of nitrogens with one attached hydrogen (secondary N) is 2. The lowest BCUT2D eigenvalue weighted by atomic mass is 9.97. The van der Waals surface area contributed by atoms with E-state index >= 15 is 0 Å². The van der Waals surface area contributed by atoms with Crippen LogP contribution in [0.2, 0.25) is 0 Å². The Morgan fingerprint density at radius 3 is 1.57 bits per heavy atom. The van der Waals surface area contributed by atoms with E-state index in [1.807, 2.05) is 74.5 Å². The summed E-state index contributed by atoms with van der Waals surface area (Å²) in [6.07, 6.45) is 3.49. The molecule has 0 radical (unpaired) electrons. The van der Waals surface area contributed by atoms with Gasteiger partial charge in [0.05, 0.1) is 12.1 Å². The predicted molar refractivity (Wildman–Crippen MR) is 114 cm³/mol. The number of hydrogen-bond donors (Lipinski definition) is 2. The van der Waals surface area contributed by atoms with Crippen LogP contribution in [0.3, 0.4) is 0 Å². The molecule has 0 aliphatic rings. The van der Waals surface area contributed by atoms with Gasteiger partial charge in [-0.2, -0.15) is 0 Å². The van der Waals surface area contributed by atoms with Gasteiger partial charge in [0.2, 0.25) is 11.8 Å². The molecule has 2 atom stereocenters. The molecule has 2 amide bonds. The number of benzene rings is 2. The summed E-state index contributed by atoms with van der Waals surface area (Å²) in [4.78, 5) is 25.8. The minimum absolute atomic E-state index is 0.137. The van der Waals surface area contributed by atoms with Crippen molar-refractivity contribution < 1.29 is 9.59 Å². The maximum atomic E-state index is 12.9. The Morgan fingerprint density at radius 1 is 0.750 bits per heavy atom. The van der Waals surface area contributed by atoms with Crippen LogP contribution >= 0.6 is 0 Å². The monoisotopic (exact) mass is 380 g/mol. The highest BCUT2D eigenvalue weighted by Crippen LogP contribution is 2.18. The lowest BCUT2D eigenvalue weighted by molar-refractivity contribution is -0.136. The first-order valence-corrected chi connectivity index (χ1v) is 10.2. The van der Waals surface area contributed by atoms with Crippen molar-refractivity contribution in [3.63, 3.8) is 0 Å². The van der Waals surface area contributed by atoms with Gasteiger partial charge in [-0.25, -0.2) is 0 Å².